The van der Waals surface area contributed by atoms with Crippen molar-refractivity contribution in [1.82, 2.24) is 4.90 Å². The topological polar surface area (TPSA) is 79.3 Å². The number of ether oxygens (including phenoxy) is 2. The minimum absolute atomic E-state index is 0.120. The van der Waals surface area contributed by atoms with Crippen molar-refractivity contribution in [2.24, 2.45) is 0 Å². The van der Waals surface area contributed by atoms with E-state index < -0.39 is 5.97 Å². The molecule has 0 radical (unpaired) electrons. The molecule has 4 rings (SSSR count). The fourth-order valence-corrected chi connectivity index (χ4v) is 3.22. The van der Waals surface area contributed by atoms with E-state index in [9.17, 15) is 9.59 Å². The molecule has 7 nitrogen and oxygen atoms in total. The van der Waals surface area contributed by atoms with Crippen molar-refractivity contribution in [1.29, 1.82) is 0 Å². The van der Waals surface area contributed by atoms with Gasteiger partial charge in [-0.05, 0) is 30.3 Å². The molecule has 1 fully saturated rings. The lowest BCUT2D eigenvalue weighted by Gasteiger charge is -2.36. The smallest absolute Gasteiger partial charge is 0.335 e. The summed E-state index contributed by atoms with van der Waals surface area (Å²) in [5, 5.41) is 9.08. The first-order valence-corrected chi connectivity index (χ1v) is 8.39. The van der Waals surface area contributed by atoms with Gasteiger partial charge in [0.15, 0.2) is 11.5 Å². The van der Waals surface area contributed by atoms with Gasteiger partial charge in [-0.2, -0.15) is 0 Å². The summed E-state index contributed by atoms with van der Waals surface area (Å²) in [5.74, 6) is 0.318. The van der Waals surface area contributed by atoms with Gasteiger partial charge in [-0.25, -0.2) is 4.79 Å². The average Bonchev–Trinajstić information content (AvgIpc) is 3.15. The Kier molecular flexibility index (Phi) is 4.12. The van der Waals surface area contributed by atoms with Gasteiger partial charge in [-0.15, -0.1) is 0 Å². The molecule has 2 aliphatic rings. The number of benzene rings is 2. The molecule has 0 atom stereocenters. The van der Waals surface area contributed by atoms with Gasteiger partial charge in [0.2, 0.25) is 6.79 Å². The zero-order chi connectivity index (χ0) is 18.1. The number of amides is 1. The van der Waals surface area contributed by atoms with Crippen LogP contribution in [0.1, 0.15) is 20.7 Å². The molecule has 7 heteroatoms. The maximum Gasteiger partial charge on any atom is 0.335 e. The number of carbonyl (C=O) groups is 2. The molecule has 2 aromatic rings. The van der Waals surface area contributed by atoms with Crippen LogP contribution in [-0.2, 0) is 0 Å². The number of aromatic carboxylic acids is 1. The molecule has 0 bridgehead atoms. The molecular formula is C19H18N2O5. The van der Waals surface area contributed by atoms with Crippen molar-refractivity contribution >= 4 is 17.6 Å². The van der Waals surface area contributed by atoms with Gasteiger partial charge in [0, 0.05) is 43.5 Å². The number of hydrogen-bond donors (Lipinski definition) is 1. The first-order valence-electron chi connectivity index (χ1n) is 8.39. The predicted molar refractivity (Wildman–Crippen MR) is 94.1 cm³/mol. The van der Waals surface area contributed by atoms with Gasteiger partial charge in [0.05, 0.1) is 5.56 Å². The number of hydrogen-bond acceptors (Lipinski definition) is 5. The number of piperazine rings is 1. The van der Waals surface area contributed by atoms with Gasteiger partial charge in [0.1, 0.15) is 0 Å². The molecule has 0 spiro atoms. The van der Waals surface area contributed by atoms with Gasteiger partial charge in [0.25, 0.3) is 5.91 Å². The Morgan fingerprint density at radius 2 is 1.62 bits per heavy atom. The van der Waals surface area contributed by atoms with Gasteiger partial charge in [-0.1, -0.05) is 6.07 Å². The van der Waals surface area contributed by atoms with Gasteiger partial charge < -0.3 is 24.4 Å². The Morgan fingerprint density at radius 3 is 2.38 bits per heavy atom. The molecule has 134 valence electrons. The van der Waals surface area contributed by atoms with Crippen molar-refractivity contribution in [3.8, 4) is 11.5 Å². The van der Waals surface area contributed by atoms with Crippen molar-refractivity contribution in [3.05, 3.63) is 53.6 Å². The van der Waals surface area contributed by atoms with Gasteiger partial charge >= 0.3 is 5.97 Å². The van der Waals surface area contributed by atoms with Crippen LogP contribution in [0.5, 0.6) is 11.5 Å². The lowest BCUT2D eigenvalue weighted by molar-refractivity contribution is 0.0697. The molecule has 0 unspecified atom stereocenters. The van der Waals surface area contributed by atoms with Crippen LogP contribution < -0.4 is 14.4 Å². The summed E-state index contributed by atoms with van der Waals surface area (Å²) in [5.41, 5.74) is 1.56. The quantitative estimate of drug-likeness (QED) is 0.909. The number of carboxylic acid groups (broad SMARTS) is 1. The van der Waals surface area contributed by atoms with Crippen LogP contribution in [0.2, 0.25) is 0 Å². The molecular weight excluding hydrogens is 336 g/mol. The molecule has 2 aliphatic heterocycles. The SMILES string of the molecule is O=C(O)c1cccc(C(=O)N2CCN(c3ccc4c(c3)OCO4)CC2)c1. The molecule has 2 aromatic carbocycles. The van der Waals surface area contributed by atoms with E-state index in [1.807, 2.05) is 18.2 Å². The third-order valence-corrected chi connectivity index (χ3v) is 4.64. The Balaban J connectivity index is 1.42. The van der Waals surface area contributed by atoms with Crippen LogP contribution in [0, 0.1) is 0 Å². The Hall–Kier alpha value is -3.22. The molecule has 0 aromatic heterocycles. The monoisotopic (exact) mass is 354 g/mol. The number of anilines is 1. The predicted octanol–water partition coefficient (Wildman–Crippen LogP) is 2.08. The zero-order valence-corrected chi connectivity index (χ0v) is 14.1. The Morgan fingerprint density at radius 1 is 0.885 bits per heavy atom. The highest BCUT2D eigenvalue weighted by Crippen LogP contribution is 2.35. The third-order valence-electron chi connectivity index (χ3n) is 4.64. The standard InChI is InChI=1S/C19H18N2O5/c22-18(13-2-1-3-14(10-13)19(23)24)21-8-6-20(7-9-21)15-4-5-16-17(11-15)26-12-25-16/h1-5,10-11H,6-9,12H2,(H,23,24). The highest BCUT2D eigenvalue weighted by Gasteiger charge is 2.24. The highest BCUT2D eigenvalue weighted by molar-refractivity contribution is 5.97. The Labute approximate surface area is 150 Å². The van der Waals surface area contributed by atoms with E-state index in [-0.39, 0.29) is 18.3 Å². The average molecular weight is 354 g/mol. The molecule has 1 amide bonds. The summed E-state index contributed by atoms with van der Waals surface area (Å²) in [4.78, 5) is 27.7. The maximum atomic E-state index is 12.6. The lowest BCUT2D eigenvalue weighted by Crippen LogP contribution is -2.48. The largest absolute Gasteiger partial charge is 0.478 e. The van der Waals surface area contributed by atoms with E-state index in [2.05, 4.69) is 4.90 Å². The molecule has 0 saturated carbocycles. The fraction of sp³-hybridized carbons (Fsp3) is 0.263. The van der Waals surface area contributed by atoms with E-state index >= 15 is 0 Å². The minimum Gasteiger partial charge on any atom is -0.478 e. The summed E-state index contributed by atoms with van der Waals surface area (Å²) >= 11 is 0. The number of carbonyl (C=O) groups excluding carboxylic acids is 1. The van der Waals surface area contributed by atoms with Gasteiger partial charge in [-0.3, -0.25) is 4.79 Å². The minimum atomic E-state index is -1.03. The van der Waals surface area contributed by atoms with E-state index in [0.29, 0.717) is 31.7 Å². The van der Waals surface area contributed by atoms with Crippen molar-refractivity contribution < 1.29 is 24.2 Å². The second-order valence-electron chi connectivity index (χ2n) is 6.20. The van der Waals surface area contributed by atoms with Crippen molar-refractivity contribution in [3.63, 3.8) is 0 Å². The summed E-state index contributed by atoms with van der Waals surface area (Å²) in [6, 6.07) is 12.0. The Bertz CT molecular complexity index is 859. The highest BCUT2D eigenvalue weighted by atomic mass is 16.7. The molecule has 1 saturated heterocycles. The van der Waals surface area contributed by atoms with E-state index in [1.54, 1.807) is 17.0 Å². The van der Waals surface area contributed by atoms with E-state index in [0.717, 1.165) is 17.2 Å². The molecule has 1 N–H and O–H groups in total. The summed E-state index contributed by atoms with van der Waals surface area (Å²) in [6.45, 7) is 2.79. The molecule has 0 aliphatic carbocycles. The van der Waals surface area contributed by atoms with E-state index in [1.165, 1.54) is 12.1 Å². The van der Waals surface area contributed by atoms with Crippen LogP contribution >= 0.6 is 0 Å². The summed E-state index contributed by atoms with van der Waals surface area (Å²) in [7, 11) is 0. The fourth-order valence-electron chi connectivity index (χ4n) is 3.22. The van der Waals surface area contributed by atoms with Crippen LogP contribution in [0.3, 0.4) is 0 Å². The van der Waals surface area contributed by atoms with Crippen molar-refractivity contribution in [2.45, 2.75) is 0 Å². The zero-order valence-electron chi connectivity index (χ0n) is 14.1. The lowest BCUT2D eigenvalue weighted by atomic mass is 10.1. The van der Waals surface area contributed by atoms with E-state index in [4.69, 9.17) is 14.6 Å². The molecule has 2 heterocycles. The number of rotatable bonds is 3. The second-order valence-corrected chi connectivity index (χ2v) is 6.20. The maximum absolute atomic E-state index is 12.6. The summed E-state index contributed by atoms with van der Waals surface area (Å²) in [6.07, 6.45) is 0. The van der Waals surface area contributed by atoms with Crippen LogP contribution in [-0.4, -0.2) is 54.9 Å². The normalized spacial score (nSPS) is 15.8. The first-order chi connectivity index (χ1) is 12.6. The van der Waals surface area contributed by atoms with Crippen LogP contribution in [0.4, 0.5) is 5.69 Å². The number of fused-ring (bicyclic) bond motifs is 1. The second kappa shape index (κ2) is 6.59. The third kappa shape index (κ3) is 3.03. The number of carboxylic acids is 1. The van der Waals surface area contributed by atoms with Crippen molar-refractivity contribution in [2.75, 3.05) is 37.9 Å². The first kappa shape index (κ1) is 16.3. The van der Waals surface area contributed by atoms with Crippen LogP contribution in [0.15, 0.2) is 42.5 Å². The molecule has 26 heavy (non-hydrogen) atoms. The summed E-state index contributed by atoms with van der Waals surface area (Å²) < 4.78 is 10.7. The number of nitrogens with zero attached hydrogens (tertiary/aromatic N) is 2. The van der Waals surface area contributed by atoms with Crippen LogP contribution in [0.25, 0.3) is 0 Å².